The van der Waals surface area contributed by atoms with Crippen molar-refractivity contribution in [3.63, 3.8) is 0 Å². The smallest absolute Gasteiger partial charge is 0.340 e. The topological polar surface area (TPSA) is 150 Å². The Morgan fingerprint density at radius 1 is 0.632 bits per heavy atom. The Kier molecular flexibility index (Phi) is 7.00. The summed E-state index contributed by atoms with van der Waals surface area (Å²) >= 11 is 0. The lowest BCUT2D eigenvalue weighted by Gasteiger charge is -2.36. The molecule has 2 unspecified atom stereocenters. The molecule has 0 amide bonds. The third kappa shape index (κ3) is 3.25. The van der Waals surface area contributed by atoms with Crippen LogP contribution in [0.2, 0.25) is 0 Å². The fourth-order valence-corrected chi connectivity index (χ4v) is 6.32. The standard InChI is InChI=1S/C26H30O12/c1-32-19(27)14-17(22(30)35-4)26(37-6)18(13-11-9-7-8-10-12-24(13,14)38-26)25(23(31)36-5)15(20(28)33-2)16(25)21(29)34-3/h7-12H2,1-6H3. The number of carbonyl (C=O) groups excluding carboxylic acids is 5. The Labute approximate surface area is 218 Å². The molecule has 0 aromatic carbocycles. The Hall–Kier alpha value is -3.51. The van der Waals surface area contributed by atoms with Crippen molar-refractivity contribution in [1.29, 1.82) is 0 Å². The second kappa shape index (κ2) is 9.66. The van der Waals surface area contributed by atoms with E-state index in [9.17, 15) is 24.0 Å². The normalized spacial score (nSPS) is 27.2. The minimum Gasteiger partial charge on any atom is -0.468 e. The van der Waals surface area contributed by atoms with E-state index < -0.39 is 46.6 Å². The SMILES string of the molecule is COC(=O)C1=C(C(=O)OC)C2(OC)OC13CCCCCCC3=C2C1(C(=O)OC)C(C(=O)OC)=C1C(=O)OC. The Bertz CT molecular complexity index is 1190. The van der Waals surface area contributed by atoms with Gasteiger partial charge in [-0.05, 0) is 31.3 Å². The van der Waals surface area contributed by atoms with Crippen molar-refractivity contribution in [2.24, 2.45) is 5.41 Å². The molecular weight excluding hydrogens is 504 g/mol. The number of fused-ring (bicyclic) bond motifs is 1. The lowest BCUT2D eigenvalue weighted by molar-refractivity contribution is -0.192. The quantitative estimate of drug-likeness (QED) is 0.262. The maximum absolute atomic E-state index is 13.7. The minimum atomic E-state index is -2.19. The highest BCUT2D eigenvalue weighted by molar-refractivity contribution is 6.23. The van der Waals surface area contributed by atoms with E-state index in [1.807, 2.05) is 0 Å². The number of ether oxygens (including phenoxy) is 7. The molecule has 0 saturated heterocycles. The monoisotopic (exact) mass is 534 g/mol. The van der Waals surface area contributed by atoms with Gasteiger partial charge in [-0.25, -0.2) is 19.2 Å². The molecule has 2 heterocycles. The van der Waals surface area contributed by atoms with Crippen LogP contribution in [-0.2, 0) is 57.1 Å². The summed E-state index contributed by atoms with van der Waals surface area (Å²) in [7, 11) is 6.79. The highest BCUT2D eigenvalue weighted by Gasteiger charge is 2.81. The van der Waals surface area contributed by atoms with E-state index in [0.29, 0.717) is 24.8 Å². The lowest BCUT2D eigenvalue weighted by Crippen LogP contribution is -2.46. The van der Waals surface area contributed by atoms with Crippen LogP contribution in [0.3, 0.4) is 0 Å². The molecule has 206 valence electrons. The summed E-state index contributed by atoms with van der Waals surface area (Å²) in [6, 6.07) is 0. The first-order valence-electron chi connectivity index (χ1n) is 12.1. The highest BCUT2D eigenvalue weighted by Crippen LogP contribution is 2.72. The molecule has 38 heavy (non-hydrogen) atoms. The van der Waals surface area contributed by atoms with Crippen molar-refractivity contribution in [1.82, 2.24) is 0 Å². The van der Waals surface area contributed by atoms with Gasteiger partial charge in [-0.2, -0.15) is 0 Å². The van der Waals surface area contributed by atoms with E-state index in [-0.39, 0.29) is 34.3 Å². The second-order valence-electron chi connectivity index (χ2n) is 9.23. The maximum Gasteiger partial charge on any atom is 0.340 e. The highest BCUT2D eigenvalue weighted by atomic mass is 16.7. The number of hydrogen-bond donors (Lipinski definition) is 0. The number of hydrogen-bond acceptors (Lipinski definition) is 12. The summed E-state index contributed by atoms with van der Waals surface area (Å²) in [6.45, 7) is 0. The minimum absolute atomic E-state index is 0.00453. The third-order valence-electron chi connectivity index (χ3n) is 7.77. The number of esters is 5. The van der Waals surface area contributed by atoms with Crippen molar-refractivity contribution >= 4 is 29.8 Å². The van der Waals surface area contributed by atoms with Gasteiger partial charge in [-0.15, -0.1) is 0 Å². The van der Waals surface area contributed by atoms with Gasteiger partial charge in [0.15, 0.2) is 5.41 Å². The first-order valence-corrected chi connectivity index (χ1v) is 12.1. The fourth-order valence-electron chi connectivity index (χ4n) is 6.32. The fraction of sp³-hybridized carbons (Fsp3) is 0.577. The van der Waals surface area contributed by atoms with Gasteiger partial charge in [0.2, 0.25) is 5.79 Å². The zero-order valence-corrected chi connectivity index (χ0v) is 22.1. The molecule has 0 N–H and O–H groups in total. The number of rotatable bonds is 7. The molecule has 4 aliphatic rings. The van der Waals surface area contributed by atoms with Gasteiger partial charge < -0.3 is 33.2 Å². The Balaban J connectivity index is 2.15. The van der Waals surface area contributed by atoms with E-state index in [2.05, 4.69) is 0 Å². The van der Waals surface area contributed by atoms with Crippen LogP contribution >= 0.6 is 0 Å². The maximum atomic E-state index is 13.7. The van der Waals surface area contributed by atoms with Crippen LogP contribution < -0.4 is 0 Å². The largest absolute Gasteiger partial charge is 0.468 e. The molecule has 4 rings (SSSR count). The van der Waals surface area contributed by atoms with Crippen molar-refractivity contribution in [3.05, 3.63) is 33.4 Å². The molecule has 2 aliphatic heterocycles. The molecule has 2 atom stereocenters. The summed E-state index contributed by atoms with van der Waals surface area (Å²) in [5.74, 6) is -6.96. The molecule has 0 radical (unpaired) electrons. The molecule has 0 aromatic rings. The van der Waals surface area contributed by atoms with Gasteiger partial charge in [0.1, 0.15) is 11.2 Å². The van der Waals surface area contributed by atoms with Crippen LogP contribution in [0.25, 0.3) is 0 Å². The molecule has 0 aromatic heterocycles. The molecule has 2 aliphatic carbocycles. The van der Waals surface area contributed by atoms with E-state index in [1.165, 1.54) is 14.2 Å². The average molecular weight is 535 g/mol. The van der Waals surface area contributed by atoms with Crippen LogP contribution in [0.4, 0.5) is 0 Å². The predicted octanol–water partition coefficient (Wildman–Crippen LogP) is 1.22. The van der Waals surface area contributed by atoms with Crippen LogP contribution in [0.1, 0.15) is 38.5 Å². The van der Waals surface area contributed by atoms with E-state index >= 15 is 0 Å². The summed E-state index contributed by atoms with van der Waals surface area (Å²) < 4.78 is 37.5. The van der Waals surface area contributed by atoms with Crippen LogP contribution in [0, 0.1) is 5.41 Å². The Morgan fingerprint density at radius 3 is 1.63 bits per heavy atom. The van der Waals surface area contributed by atoms with Gasteiger partial charge in [-0.1, -0.05) is 12.8 Å². The summed E-state index contributed by atoms with van der Waals surface area (Å²) in [5.41, 5.74) is -4.36. The van der Waals surface area contributed by atoms with Crippen molar-refractivity contribution in [2.75, 3.05) is 42.7 Å². The number of methoxy groups -OCH3 is 6. The predicted molar refractivity (Wildman–Crippen MR) is 125 cm³/mol. The van der Waals surface area contributed by atoms with Crippen molar-refractivity contribution < 1.29 is 57.1 Å². The zero-order valence-electron chi connectivity index (χ0n) is 22.1. The molecule has 12 heteroatoms. The Morgan fingerprint density at radius 2 is 1.13 bits per heavy atom. The van der Waals surface area contributed by atoms with Gasteiger partial charge in [0, 0.05) is 12.7 Å². The zero-order chi connectivity index (χ0) is 28.0. The van der Waals surface area contributed by atoms with E-state index in [1.54, 1.807) is 0 Å². The summed E-state index contributed by atoms with van der Waals surface area (Å²) in [6.07, 6.45) is 3.41. The average Bonchev–Trinajstić information content (AvgIpc) is 3.42. The molecule has 2 bridgehead atoms. The number of carbonyl (C=O) groups is 5. The summed E-state index contributed by atoms with van der Waals surface area (Å²) in [5, 5.41) is 0. The molecular formula is C26H30O12. The molecule has 1 saturated carbocycles. The van der Waals surface area contributed by atoms with Crippen LogP contribution in [-0.4, -0.2) is 83.9 Å². The van der Waals surface area contributed by atoms with Crippen LogP contribution in [0.15, 0.2) is 33.4 Å². The van der Waals surface area contributed by atoms with E-state index in [0.717, 1.165) is 41.3 Å². The van der Waals surface area contributed by atoms with Crippen molar-refractivity contribution in [3.8, 4) is 0 Å². The van der Waals surface area contributed by atoms with Gasteiger partial charge >= 0.3 is 29.8 Å². The lowest BCUT2D eigenvalue weighted by atomic mass is 9.66. The van der Waals surface area contributed by atoms with Crippen LogP contribution in [0.5, 0.6) is 0 Å². The molecule has 1 fully saturated rings. The van der Waals surface area contributed by atoms with Gasteiger partial charge in [-0.3, -0.25) is 4.79 Å². The molecule has 12 nitrogen and oxygen atoms in total. The van der Waals surface area contributed by atoms with Crippen molar-refractivity contribution in [2.45, 2.75) is 49.9 Å². The second-order valence-corrected chi connectivity index (χ2v) is 9.23. The van der Waals surface area contributed by atoms with Gasteiger partial charge in [0.05, 0.1) is 52.3 Å². The third-order valence-corrected chi connectivity index (χ3v) is 7.77. The summed E-state index contributed by atoms with van der Waals surface area (Å²) in [4.78, 5) is 66.2. The first kappa shape index (κ1) is 27.5. The van der Waals surface area contributed by atoms with E-state index in [4.69, 9.17) is 33.2 Å². The first-order chi connectivity index (χ1) is 18.1. The van der Waals surface area contributed by atoms with Gasteiger partial charge in [0.25, 0.3) is 0 Å². The molecule has 1 spiro atoms.